The molecule has 0 heterocycles. The third kappa shape index (κ3) is 1.72. The Balaban J connectivity index is 2.50. The number of Topliss-reactive ketones (excluding diaryl/α,β-unsaturated/α-hetero) is 1. The van der Waals surface area contributed by atoms with Gasteiger partial charge in [-0.05, 0) is 11.6 Å². The summed E-state index contributed by atoms with van der Waals surface area (Å²) >= 11 is 3.34. The molecule has 0 fully saturated rings. The van der Waals surface area contributed by atoms with E-state index in [-0.39, 0.29) is 5.78 Å². The van der Waals surface area contributed by atoms with Crippen molar-refractivity contribution in [1.29, 1.82) is 0 Å². The molecule has 0 radical (unpaired) electrons. The molecule has 4 heteroatoms. The van der Waals surface area contributed by atoms with Gasteiger partial charge in [-0.1, -0.05) is 28.1 Å². The smallest absolute Gasteiger partial charge is 0.328 e. The zero-order chi connectivity index (χ0) is 11.0. The van der Waals surface area contributed by atoms with Crippen LogP contribution in [0.1, 0.15) is 15.9 Å². The third-order valence-corrected chi connectivity index (χ3v) is 3.06. The zero-order valence-electron chi connectivity index (χ0n) is 7.66. The number of carboxylic acid groups (broad SMARTS) is 1. The first kappa shape index (κ1) is 10.1. The Morgan fingerprint density at radius 2 is 2.20 bits per heavy atom. The maximum atomic E-state index is 11.7. The Hall–Kier alpha value is -1.42. The van der Waals surface area contributed by atoms with Crippen LogP contribution in [-0.2, 0) is 11.2 Å². The van der Waals surface area contributed by atoms with E-state index in [0.717, 1.165) is 16.1 Å². The number of halogens is 1. The van der Waals surface area contributed by atoms with Crippen molar-refractivity contribution in [2.45, 2.75) is 6.42 Å². The van der Waals surface area contributed by atoms with Crippen LogP contribution in [0.2, 0.25) is 0 Å². The first-order valence-corrected chi connectivity index (χ1v) is 5.14. The highest BCUT2D eigenvalue weighted by Crippen LogP contribution is 2.31. The van der Waals surface area contributed by atoms with Gasteiger partial charge in [0.15, 0.2) is 5.78 Å². The average Bonchev–Trinajstić information content (AvgIpc) is 2.46. The summed E-state index contributed by atoms with van der Waals surface area (Å²) in [7, 11) is 0. The zero-order valence-corrected chi connectivity index (χ0v) is 9.24. The fourth-order valence-electron chi connectivity index (χ4n) is 1.66. The van der Waals surface area contributed by atoms with Crippen molar-refractivity contribution in [1.82, 2.24) is 0 Å². The number of carboxylic acids is 1. The molecule has 1 aliphatic carbocycles. The second kappa shape index (κ2) is 3.62. The maximum Gasteiger partial charge on any atom is 0.328 e. The Kier molecular flexibility index (Phi) is 2.44. The minimum atomic E-state index is -1.08. The summed E-state index contributed by atoms with van der Waals surface area (Å²) in [6, 6.07) is 5.32. The predicted molar refractivity (Wildman–Crippen MR) is 57.9 cm³/mol. The summed E-state index contributed by atoms with van der Waals surface area (Å²) in [6.07, 6.45) is 1.37. The van der Waals surface area contributed by atoms with Gasteiger partial charge in [0.2, 0.25) is 0 Å². The fourth-order valence-corrected chi connectivity index (χ4v) is 2.17. The molecule has 15 heavy (non-hydrogen) atoms. The highest BCUT2D eigenvalue weighted by Gasteiger charge is 2.26. The summed E-state index contributed by atoms with van der Waals surface area (Å²) in [5.41, 5.74) is 1.80. The van der Waals surface area contributed by atoms with Gasteiger partial charge in [-0.15, -0.1) is 0 Å². The maximum absolute atomic E-state index is 11.7. The molecule has 1 aromatic carbocycles. The average molecular weight is 267 g/mol. The van der Waals surface area contributed by atoms with Crippen molar-refractivity contribution in [3.63, 3.8) is 0 Å². The van der Waals surface area contributed by atoms with Crippen LogP contribution >= 0.6 is 15.9 Å². The van der Waals surface area contributed by atoms with Crippen LogP contribution in [0.4, 0.5) is 0 Å². The molecule has 1 aliphatic rings. The van der Waals surface area contributed by atoms with Crippen LogP contribution < -0.4 is 0 Å². The molecule has 76 valence electrons. The van der Waals surface area contributed by atoms with Crippen LogP contribution in [-0.4, -0.2) is 16.9 Å². The van der Waals surface area contributed by atoms with Crippen LogP contribution in [0, 0.1) is 0 Å². The first-order valence-electron chi connectivity index (χ1n) is 4.35. The standard InChI is InChI=1S/C11H7BrO3/c12-9-3-1-2-7-8(9)4-6(11(7)15)5-10(13)14/h1-3,5H,4H2,(H,13,14)/b6-5-. The van der Waals surface area contributed by atoms with Crippen molar-refractivity contribution >= 4 is 27.7 Å². The molecule has 0 spiro atoms. The van der Waals surface area contributed by atoms with Gasteiger partial charge < -0.3 is 5.11 Å². The first-order chi connectivity index (χ1) is 7.09. The molecule has 0 unspecified atom stereocenters. The molecule has 0 saturated heterocycles. The summed E-state index contributed by atoms with van der Waals surface area (Å²) < 4.78 is 0.849. The Bertz CT molecular complexity index is 489. The van der Waals surface area contributed by atoms with Gasteiger partial charge in [0.1, 0.15) is 0 Å². The monoisotopic (exact) mass is 266 g/mol. The van der Waals surface area contributed by atoms with E-state index in [1.165, 1.54) is 0 Å². The van der Waals surface area contributed by atoms with Crippen LogP contribution in [0.25, 0.3) is 0 Å². The van der Waals surface area contributed by atoms with Crippen LogP contribution in [0.5, 0.6) is 0 Å². The lowest BCUT2D eigenvalue weighted by Crippen LogP contribution is -1.99. The number of hydrogen-bond donors (Lipinski definition) is 1. The SMILES string of the molecule is O=C(O)/C=C1/Cc2c(Br)cccc2C1=O. The number of fused-ring (bicyclic) bond motifs is 1. The molecule has 0 saturated carbocycles. The molecule has 0 atom stereocenters. The summed E-state index contributed by atoms with van der Waals surface area (Å²) in [5.74, 6) is -1.27. The fraction of sp³-hybridized carbons (Fsp3) is 0.0909. The lowest BCUT2D eigenvalue weighted by Gasteiger charge is -1.97. The molecule has 1 aromatic rings. The second-order valence-electron chi connectivity index (χ2n) is 3.28. The van der Waals surface area contributed by atoms with Gasteiger partial charge in [-0.25, -0.2) is 4.79 Å². The minimum Gasteiger partial charge on any atom is -0.478 e. The quantitative estimate of drug-likeness (QED) is 0.793. The number of aliphatic carboxylic acids is 1. The third-order valence-electron chi connectivity index (χ3n) is 2.32. The number of hydrogen-bond acceptors (Lipinski definition) is 2. The van der Waals surface area contributed by atoms with Crippen molar-refractivity contribution in [2.75, 3.05) is 0 Å². The number of ketones is 1. The van der Waals surface area contributed by atoms with Crippen molar-refractivity contribution in [2.24, 2.45) is 0 Å². The highest BCUT2D eigenvalue weighted by atomic mass is 79.9. The van der Waals surface area contributed by atoms with Crippen molar-refractivity contribution < 1.29 is 14.7 Å². The van der Waals surface area contributed by atoms with E-state index in [9.17, 15) is 9.59 Å². The second-order valence-corrected chi connectivity index (χ2v) is 4.13. The Labute approximate surface area is 94.5 Å². The molecule has 0 aromatic heterocycles. The van der Waals surface area contributed by atoms with E-state index in [0.29, 0.717) is 17.6 Å². The van der Waals surface area contributed by atoms with Gasteiger partial charge in [-0.2, -0.15) is 0 Å². The minimum absolute atomic E-state index is 0.186. The van der Waals surface area contributed by atoms with Crippen molar-refractivity contribution in [3.05, 3.63) is 45.4 Å². The van der Waals surface area contributed by atoms with Crippen molar-refractivity contribution in [3.8, 4) is 0 Å². The number of rotatable bonds is 1. The summed E-state index contributed by atoms with van der Waals surface area (Å²) in [4.78, 5) is 22.2. The van der Waals surface area contributed by atoms with E-state index in [1.54, 1.807) is 12.1 Å². The molecule has 2 rings (SSSR count). The molecular formula is C11H7BrO3. The van der Waals surface area contributed by atoms with E-state index >= 15 is 0 Å². The van der Waals surface area contributed by atoms with Crippen LogP contribution in [0.3, 0.4) is 0 Å². The van der Waals surface area contributed by atoms with E-state index in [2.05, 4.69) is 15.9 Å². The van der Waals surface area contributed by atoms with Gasteiger partial charge in [-0.3, -0.25) is 4.79 Å². The number of benzene rings is 1. The predicted octanol–water partition coefficient (Wildman–Crippen LogP) is 2.20. The van der Waals surface area contributed by atoms with Gasteiger partial charge in [0, 0.05) is 28.1 Å². The Morgan fingerprint density at radius 1 is 1.47 bits per heavy atom. The number of allylic oxidation sites excluding steroid dienone is 1. The van der Waals surface area contributed by atoms with E-state index < -0.39 is 5.97 Å². The summed E-state index contributed by atoms with van der Waals surface area (Å²) in [6.45, 7) is 0. The molecule has 3 nitrogen and oxygen atoms in total. The van der Waals surface area contributed by atoms with Gasteiger partial charge in [0.05, 0.1) is 0 Å². The molecule has 0 bridgehead atoms. The van der Waals surface area contributed by atoms with Gasteiger partial charge in [0.25, 0.3) is 0 Å². The lowest BCUT2D eigenvalue weighted by molar-refractivity contribution is -0.131. The normalized spacial score (nSPS) is 16.9. The highest BCUT2D eigenvalue weighted by molar-refractivity contribution is 9.10. The number of carbonyl (C=O) groups is 2. The van der Waals surface area contributed by atoms with Crippen LogP contribution in [0.15, 0.2) is 34.3 Å². The Morgan fingerprint density at radius 3 is 2.80 bits per heavy atom. The van der Waals surface area contributed by atoms with E-state index in [1.807, 2.05) is 6.07 Å². The van der Waals surface area contributed by atoms with Gasteiger partial charge >= 0.3 is 5.97 Å². The molecule has 0 amide bonds. The largest absolute Gasteiger partial charge is 0.478 e. The molecular weight excluding hydrogens is 260 g/mol. The summed E-state index contributed by atoms with van der Waals surface area (Å²) in [5, 5.41) is 8.60. The topological polar surface area (TPSA) is 54.4 Å². The lowest BCUT2D eigenvalue weighted by atomic mass is 10.1. The van der Waals surface area contributed by atoms with E-state index in [4.69, 9.17) is 5.11 Å². The molecule has 1 N–H and O–H groups in total. The molecule has 0 aliphatic heterocycles. The number of carbonyl (C=O) groups excluding carboxylic acids is 1.